The number of carbonyl (C=O) groups is 1. The van der Waals surface area contributed by atoms with Gasteiger partial charge in [-0.15, -0.1) is 0 Å². The fourth-order valence-corrected chi connectivity index (χ4v) is 1.88. The largest absolute Gasteiger partial charge is 0.469 e. The average Bonchev–Trinajstić information content (AvgIpc) is 2.72. The van der Waals surface area contributed by atoms with E-state index in [0.29, 0.717) is 19.5 Å². The van der Waals surface area contributed by atoms with Crippen molar-refractivity contribution in [1.82, 2.24) is 10.2 Å². The lowest BCUT2D eigenvalue weighted by Gasteiger charge is -2.26. The fraction of sp³-hybridized carbons (Fsp3) is 0.615. The zero-order chi connectivity index (χ0) is 13.5. The monoisotopic (exact) mass is 253 g/mol. The van der Waals surface area contributed by atoms with E-state index in [1.165, 1.54) is 0 Å². The molecule has 3 N–H and O–H groups in total. The molecule has 1 atom stereocenters. The molecule has 18 heavy (non-hydrogen) atoms. The van der Waals surface area contributed by atoms with Crippen molar-refractivity contribution >= 4 is 5.91 Å². The molecule has 0 saturated carbocycles. The number of likely N-dealkylation sites (N-methyl/N-ethyl adjacent to an activating group) is 1. The predicted molar refractivity (Wildman–Crippen MR) is 71.1 cm³/mol. The molecule has 0 aliphatic rings. The number of nitrogens with two attached hydrogens (primary N) is 1. The van der Waals surface area contributed by atoms with Gasteiger partial charge >= 0.3 is 0 Å². The second-order valence-electron chi connectivity index (χ2n) is 4.46. The van der Waals surface area contributed by atoms with Crippen LogP contribution in [0.2, 0.25) is 0 Å². The summed E-state index contributed by atoms with van der Waals surface area (Å²) in [5.41, 5.74) is 6.87. The number of furan rings is 1. The third-order valence-corrected chi connectivity index (χ3v) is 3.08. The Morgan fingerprint density at radius 1 is 1.61 bits per heavy atom. The first-order chi connectivity index (χ1) is 8.58. The van der Waals surface area contributed by atoms with Gasteiger partial charge in [-0.1, -0.05) is 0 Å². The Morgan fingerprint density at radius 2 is 2.33 bits per heavy atom. The molecule has 0 bridgehead atoms. The minimum atomic E-state index is 0.0451. The molecule has 1 heterocycles. The lowest BCUT2D eigenvalue weighted by atomic mass is 10.1. The van der Waals surface area contributed by atoms with Gasteiger partial charge in [0.25, 0.3) is 0 Å². The lowest BCUT2D eigenvalue weighted by Crippen LogP contribution is -2.41. The van der Waals surface area contributed by atoms with E-state index in [9.17, 15) is 4.79 Å². The summed E-state index contributed by atoms with van der Waals surface area (Å²) < 4.78 is 5.26. The number of amides is 1. The van der Waals surface area contributed by atoms with Gasteiger partial charge in [0.1, 0.15) is 5.76 Å². The number of hydrogen-bond acceptors (Lipinski definition) is 4. The summed E-state index contributed by atoms with van der Waals surface area (Å²) in [5, 5.41) is 2.80. The van der Waals surface area contributed by atoms with Gasteiger partial charge in [-0.05, 0) is 27.0 Å². The van der Waals surface area contributed by atoms with Crippen molar-refractivity contribution in [3.05, 3.63) is 23.7 Å². The van der Waals surface area contributed by atoms with Crippen LogP contribution in [0.1, 0.15) is 24.7 Å². The van der Waals surface area contributed by atoms with Crippen LogP contribution in [0.3, 0.4) is 0 Å². The van der Waals surface area contributed by atoms with Crippen molar-refractivity contribution in [1.29, 1.82) is 0 Å². The normalized spacial score (nSPS) is 12.7. The maximum absolute atomic E-state index is 11.6. The number of aryl methyl sites for hydroxylation is 1. The van der Waals surface area contributed by atoms with E-state index in [1.807, 2.05) is 27.0 Å². The average molecular weight is 253 g/mol. The van der Waals surface area contributed by atoms with Gasteiger partial charge in [-0.2, -0.15) is 0 Å². The molecule has 102 valence electrons. The fourth-order valence-electron chi connectivity index (χ4n) is 1.88. The molecule has 0 aromatic carbocycles. The Bertz CT molecular complexity index is 376. The number of nitrogens with one attached hydrogen (secondary N) is 1. The van der Waals surface area contributed by atoms with Gasteiger partial charge in [0.15, 0.2) is 0 Å². The maximum atomic E-state index is 11.6. The number of nitrogens with zero attached hydrogens (tertiary/aromatic N) is 1. The Morgan fingerprint density at radius 3 is 2.83 bits per heavy atom. The SMILES string of the molecule is CCNC(=O)CC(CN)N(C)Cc1ccoc1C. The van der Waals surface area contributed by atoms with Gasteiger partial charge in [0.2, 0.25) is 5.91 Å². The quantitative estimate of drug-likeness (QED) is 0.756. The van der Waals surface area contributed by atoms with Crippen LogP contribution in [0.4, 0.5) is 0 Å². The highest BCUT2D eigenvalue weighted by molar-refractivity contribution is 5.76. The van der Waals surface area contributed by atoms with E-state index in [0.717, 1.165) is 17.9 Å². The topological polar surface area (TPSA) is 71.5 Å². The molecule has 5 nitrogen and oxygen atoms in total. The summed E-state index contributed by atoms with van der Waals surface area (Å²) in [7, 11) is 1.98. The van der Waals surface area contributed by atoms with E-state index >= 15 is 0 Å². The van der Waals surface area contributed by atoms with Crippen LogP contribution in [-0.2, 0) is 11.3 Å². The third kappa shape index (κ3) is 4.16. The highest BCUT2D eigenvalue weighted by Crippen LogP contribution is 2.13. The molecule has 1 aromatic heterocycles. The first-order valence-electron chi connectivity index (χ1n) is 6.28. The van der Waals surface area contributed by atoms with Crippen LogP contribution >= 0.6 is 0 Å². The van der Waals surface area contributed by atoms with Gasteiger partial charge < -0.3 is 15.5 Å². The van der Waals surface area contributed by atoms with E-state index in [-0.39, 0.29) is 11.9 Å². The molecule has 1 rings (SSSR count). The minimum Gasteiger partial charge on any atom is -0.469 e. The molecule has 0 saturated heterocycles. The first-order valence-corrected chi connectivity index (χ1v) is 6.28. The molecular weight excluding hydrogens is 230 g/mol. The van der Waals surface area contributed by atoms with Crippen LogP contribution in [0.15, 0.2) is 16.7 Å². The predicted octanol–water partition coefficient (Wildman–Crippen LogP) is 0.873. The molecule has 0 aliphatic heterocycles. The number of rotatable bonds is 7. The summed E-state index contributed by atoms with van der Waals surface area (Å²) in [5.74, 6) is 0.958. The van der Waals surface area contributed by atoms with E-state index in [1.54, 1.807) is 6.26 Å². The van der Waals surface area contributed by atoms with Crippen LogP contribution in [0.25, 0.3) is 0 Å². The van der Waals surface area contributed by atoms with Crippen molar-refractivity contribution in [3.8, 4) is 0 Å². The molecule has 0 radical (unpaired) electrons. The van der Waals surface area contributed by atoms with Gasteiger partial charge in [-0.25, -0.2) is 0 Å². The van der Waals surface area contributed by atoms with Crippen molar-refractivity contribution in [2.75, 3.05) is 20.1 Å². The van der Waals surface area contributed by atoms with Gasteiger partial charge in [0.05, 0.1) is 6.26 Å². The number of carbonyl (C=O) groups excluding carboxylic acids is 1. The van der Waals surface area contributed by atoms with Crippen molar-refractivity contribution in [3.63, 3.8) is 0 Å². The van der Waals surface area contributed by atoms with Crippen LogP contribution in [0.5, 0.6) is 0 Å². The van der Waals surface area contributed by atoms with Crippen molar-refractivity contribution in [2.24, 2.45) is 5.73 Å². The molecule has 1 unspecified atom stereocenters. The van der Waals surface area contributed by atoms with Crippen LogP contribution in [-0.4, -0.2) is 37.0 Å². The zero-order valence-corrected chi connectivity index (χ0v) is 11.4. The second-order valence-corrected chi connectivity index (χ2v) is 4.46. The molecule has 1 aromatic rings. The summed E-state index contributed by atoms with van der Waals surface area (Å²) in [6.45, 7) is 5.70. The Labute approximate surface area is 108 Å². The molecule has 0 fully saturated rings. The summed E-state index contributed by atoms with van der Waals surface area (Å²) in [6.07, 6.45) is 2.11. The van der Waals surface area contributed by atoms with Crippen LogP contribution < -0.4 is 11.1 Å². The number of hydrogen-bond donors (Lipinski definition) is 2. The lowest BCUT2D eigenvalue weighted by molar-refractivity contribution is -0.122. The van der Waals surface area contributed by atoms with E-state index in [4.69, 9.17) is 10.2 Å². The van der Waals surface area contributed by atoms with Crippen molar-refractivity contribution < 1.29 is 9.21 Å². The third-order valence-electron chi connectivity index (χ3n) is 3.08. The highest BCUT2D eigenvalue weighted by atomic mass is 16.3. The van der Waals surface area contributed by atoms with E-state index < -0.39 is 0 Å². The summed E-state index contributed by atoms with van der Waals surface area (Å²) in [4.78, 5) is 13.7. The molecule has 0 spiro atoms. The summed E-state index contributed by atoms with van der Waals surface area (Å²) >= 11 is 0. The van der Waals surface area contributed by atoms with Gasteiger partial charge in [0, 0.05) is 37.7 Å². The highest BCUT2D eigenvalue weighted by Gasteiger charge is 2.18. The smallest absolute Gasteiger partial charge is 0.221 e. The summed E-state index contributed by atoms with van der Waals surface area (Å²) in [6, 6.07) is 2.00. The molecule has 1 amide bonds. The minimum absolute atomic E-state index is 0.0451. The van der Waals surface area contributed by atoms with Crippen molar-refractivity contribution in [2.45, 2.75) is 32.9 Å². The Hall–Kier alpha value is -1.33. The van der Waals surface area contributed by atoms with Gasteiger partial charge in [-0.3, -0.25) is 9.69 Å². The molecule has 0 aliphatic carbocycles. The molecule has 5 heteroatoms. The molecular formula is C13H23N3O2. The Balaban J connectivity index is 2.54. The Kier molecular flexibility index (Phi) is 5.88. The zero-order valence-electron chi connectivity index (χ0n) is 11.4. The second kappa shape index (κ2) is 7.18. The first kappa shape index (κ1) is 14.7. The maximum Gasteiger partial charge on any atom is 0.221 e. The van der Waals surface area contributed by atoms with E-state index in [2.05, 4.69) is 10.2 Å². The van der Waals surface area contributed by atoms with Crippen LogP contribution in [0, 0.1) is 6.92 Å². The standard InChI is InChI=1S/C13H23N3O2/c1-4-15-13(17)7-12(8-14)16(3)9-11-5-6-18-10(11)2/h5-6,12H,4,7-9,14H2,1-3H3,(H,15,17).